The van der Waals surface area contributed by atoms with Crippen LogP contribution in [-0.4, -0.2) is 47.9 Å². The minimum atomic E-state index is -1.10. The van der Waals surface area contributed by atoms with E-state index in [2.05, 4.69) is 10.6 Å². The maximum absolute atomic E-state index is 12.7. The highest BCUT2D eigenvalue weighted by Gasteiger charge is 2.21. The van der Waals surface area contributed by atoms with Crippen LogP contribution >= 0.6 is 0 Å². The number of amides is 1. The minimum absolute atomic E-state index is 0.0121. The molecule has 2 unspecified atom stereocenters. The Bertz CT molecular complexity index is 1120. The Morgan fingerprint density at radius 3 is 2.41 bits per heavy atom. The third-order valence-corrected chi connectivity index (χ3v) is 5.67. The van der Waals surface area contributed by atoms with Gasteiger partial charge in [-0.25, -0.2) is 4.79 Å². The zero-order chi connectivity index (χ0) is 24.5. The molecule has 3 aromatic rings. The lowest BCUT2D eigenvalue weighted by molar-refractivity contribution is 0.0697. The van der Waals surface area contributed by atoms with Gasteiger partial charge in [-0.15, -0.1) is 0 Å². The standard InChI is InChI=1S/C27H30N2O5/c1-18-11-12-21(27(32)33)15-23(18)26(31)29-17-25(30)24(14-19-7-4-3-5-8-19)28-16-20-9-6-10-22(13-20)34-2/h3-13,15,24-25,28,30H,14,16-17H2,1-2H3,(H,29,31)(H,32,33). The van der Waals surface area contributed by atoms with Crippen molar-refractivity contribution in [3.8, 4) is 5.75 Å². The molecule has 7 heteroatoms. The number of aliphatic hydroxyl groups excluding tert-OH is 1. The molecule has 0 radical (unpaired) electrons. The van der Waals surface area contributed by atoms with Gasteiger partial charge in [0, 0.05) is 24.7 Å². The van der Waals surface area contributed by atoms with Gasteiger partial charge in [0.15, 0.2) is 0 Å². The molecule has 34 heavy (non-hydrogen) atoms. The van der Waals surface area contributed by atoms with Gasteiger partial charge in [-0.1, -0.05) is 48.5 Å². The number of nitrogens with one attached hydrogen (secondary N) is 2. The number of aliphatic hydroxyl groups is 1. The fourth-order valence-corrected chi connectivity index (χ4v) is 3.68. The van der Waals surface area contributed by atoms with Gasteiger partial charge in [0.1, 0.15) is 5.75 Å². The molecule has 7 nitrogen and oxygen atoms in total. The number of rotatable bonds is 11. The van der Waals surface area contributed by atoms with Gasteiger partial charge >= 0.3 is 5.97 Å². The van der Waals surface area contributed by atoms with E-state index in [0.29, 0.717) is 18.5 Å². The third-order valence-electron chi connectivity index (χ3n) is 5.67. The average molecular weight is 463 g/mol. The molecule has 0 bridgehead atoms. The molecule has 2 atom stereocenters. The summed E-state index contributed by atoms with van der Waals surface area (Å²) in [5.41, 5.74) is 3.04. The second-order valence-electron chi connectivity index (χ2n) is 8.14. The van der Waals surface area contributed by atoms with Gasteiger partial charge in [0.05, 0.1) is 18.8 Å². The van der Waals surface area contributed by atoms with Crippen LogP contribution in [0, 0.1) is 6.92 Å². The zero-order valence-corrected chi connectivity index (χ0v) is 19.3. The molecule has 0 heterocycles. The summed E-state index contributed by atoms with van der Waals surface area (Å²) < 4.78 is 5.28. The molecular formula is C27H30N2O5. The van der Waals surface area contributed by atoms with E-state index in [0.717, 1.165) is 16.9 Å². The molecule has 0 aliphatic carbocycles. The molecule has 0 saturated carbocycles. The molecular weight excluding hydrogens is 432 g/mol. The molecule has 0 aliphatic rings. The van der Waals surface area contributed by atoms with Gasteiger partial charge < -0.3 is 25.6 Å². The number of aromatic carboxylic acids is 1. The number of aryl methyl sites for hydroxylation is 1. The first kappa shape index (κ1) is 25.0. The molecule has 0 saturated heterocycles. The molecule has 1 amide bonds. The summed E-state index contributed by atoms with van der Waals surface area (Å²) in [4.78, 5) is 24.0. The maximum Gasteiger partial charge on any atom is 0.335 e. The largest absolute Gasteiger partial charge is 0.497 e. The molecule has 178 valence electrons. The van der Waals surface area contributed by atoms with Gasteiger partial charge in [0.25, 0.3) is 5.91 Å². The van der Waals surface area contributed by atoms with Crippen LogP contribution in [0.5, 0.6) is 5.75 Å². The number of benzene rings is 3. The first-order valence-electron chi connectivity index (χ1n) is 11.1. The maximum atomic E-state index is 12.7. The second-order valence-corrected chi connectivity index (χ2v) is 8.14. The van der Waals surface area contributed by atoms with Crippen molar-refractivity contribution in [1.29, 1.82) is 0 Å². The number of methoxy groups -OCH3 is 1. The molecule has 3 rings (SSSR count). The van der Waals surface area contributed by atoms with Crippen molar-refractivity contribution >= 4 is 11.9 Å². The van der Waals surface area contributed by atoms with Crippen LogP contribution in [0.3, 0.4) is 0 Å². The number of carboxylic acids is 1. The SMILES string of the molecule is COc1cccc(CNC(Cc2ccccc2)C(O)CNC(=O)c2cc(C(=O)O)ccc2C)c1. The Kier molecular flexibility index (Phi) is 8.79. The highest BCUT2D eigenvalue weighted by Crippen LogP contribution is 2.14. The van der Waals surface area contributed by atoms with Crippen molar-refractivity contribution in [3.05, 3.63) is 101 Å². The zero-order valence-electron chi connectivity index (χ0n) is 19.3. The summed E-state index contributed by atoms with van der Waals surface area (Å²) >= 11 is 0. The Labute approximate surface area is 199 Å². The number of carbonyl (C=O) groups excluding carboxylic acids is 1. The summed E-state index contributed by atoms with van der Waals surface area (Å²) in [5.74, 6) is -0.768. The van der Waals surface area contributed by atoms with E-state index in [1.165, 1.54) is 12.1 Å². The molecule has 4 N–H and O–H groups in total. The monoisotopic (exact) mass is 462 g/mol. The van der Waals surface area contributed by atoms with Crippen molar-refractivity contribution < 1.29 is 24.5 Å². The van der Waals surface area contributed by atoms with Crippen LogP contribution in [0.25, 0.3) is 0 Å². The van der Waals surface area contributed by atoms with Gasteiger partial charge in [-0.3, -0.25) is 4.79 Å². The van der Waals surface area contributed by atoms with E-state index in [-0.39, 0.29) is 23.7 Å². The van der Waals surface area contributed by atoms with Gasteiger partial charge in [-0.2, -0.15) is 0 Å². The topological polar surface area (TPSA) is 108 Å². The van der Waals surface area contributed by atoms with Crippen LogP contribution in [0.1, 0.15) is 37.4 Å². The summed E-state index contributed by atoms with van der Waals surface area (Å²) in [5, 5.41) is 26.3. The van der Waals surface area contributed by atoms with Gasteiger partial charge in [-0.05, 0) is 54.3 Å². The third kappa shape index (κ3) is 6.91. The lowest BCUT2D eigenvalue weighted by atomic mass is 10.00. The number of hydrogen-bond acceptors (Lipinski definition) is 5. The predicted octanol–water partition coefficient (Wildman–Crippen LogP) is 3.19. The van der Waals surface area contributed by atoms with Crippen LogP contribution in [0.4, 0.5) is 0 Å². The van der Waals surface area contributed by atoms with E-state index in [1.807, 2.05) is 54.6 Å². The van der Waals surface area contributed by atoms with Gasteiger partial charge in [0.2, 0.25) is 0 Å². The Morgan fingerprint density at radius 1 is 0.971 bits per heavy atom. The first-order chi connectivity index (χ1) is 16.4. The Morgan fingerprint density at radius 2 is 1.71 bits per heavy atom. The van der Waals surface area contributed by atoms with E-state index in [1.54, 1.807) is 20.1 Å². The number of carboxylic acid groups (broad SMARTS) is 1. The summed E-state index contributed by atoms with van der Waals surface area (Å²) in [6.45, 7) is 2.27. The fourth-order valence-electron chi connectivity index (χ4n) is 3.68. The smallest absolute Gasteiger partial charge is 0.335 e. The van der Waals surface area contributed by atoms with E-state index in [4.69, 9.17) is 4.74 Å². The summed E-state index contributed by atoms with van der Waals surface area (Å²) in [7, 11) is 1.62. The predicted molar refractivity (Wildman–Crippen MR) is 130 cm³/mol. The van der Waals surface area contributed by atoms with Crippen LogP contribution in [0.15, 0.2) is 72.8 Å². The highest BCUT2D eigenvalue weighted by atomic mass is 16.5. The normalized spacial score (nSPS) is 12.6. The summed E-state index contributed by atoms with van der Waals surface area (Å²) in [6.07, 6.45) is -0.312. The lowest BCUT2D eigenvalue weighted by Gasteiger charge is -2.25. The molecule has 0 aliphatic heterocycles. The number of carbonyl (C=O) groups is 2. The fraction of sp³-hybridized carbons (Fsp3) is 0.259. The first-order valence-corrected chi connectivity index (χ1v) is 11.1. The lowest BCUT2D eigenvalue weighted by Crippen LogP contribution is -2.47. The van der Waals surface area contributed by atoms with Crippen LogP contribution in [-0.2, 0) is 13.0 Å². The number of ether oxygens (including phenoxy) is 1. The van der Waals surface area contributed by atoms with Crippen molar-refractivity contribution in [2.45, 2.75) is 32.0 Å². The van der Waals surface area contributed by atoms with Crippen LogP contribution < -0.4 is 15.4 Å². The number of hydrogen-bond donors (Lipinski definition) is 4. The van der Waals surface area contributed by atoms with E-state index in [9.17, 15) is 19.8 Å². The van der Waals surface area contributed by atoms with Crippen molar-refractivity contribution in [3.63, 3.8) is 0 Å². The van der Waals surface area contributed by atoms with Crippen molar-refractivity contribution in [2.24, 2.45) is 0 Å². The van der Waals surface area contributed by atoms with Crippen molar-refractivity contribution in [1.82, 2.24) is 10.6 Å². The molecule has 3 aromatic carbocycles. The highest BCUT2D eigenvalue weighted by molar-refractivity contribution is 5.98. The summed E-state index contributed by atoms with van der Waals surface area (Å²) in [6, 6.07) is 21.6. The quantitative estimate of drug-likeness (QED) is 0.349. The molecule has 0 aromatic heterocycles. The Balaban J connectivity index is 1.69. The Hall–Kier alpha value is -3.68. The van der Waals surface area contributed by atoms with E-state index >= 15 is 0 Å². The minimum Gasteiger partial charge on any atom is -0.497 e. The molecule has 0 spiro atoms. The van der Waals surface area contributed by atoms with E-state index < -0.39 is 18.0 Å². The van der Waals surface area contributed by atoms with Crippen molar-refractivity contribution in [2.75, 3.05) is 13.7 Å². The second kappa shape index (κ2) is 12.0. The van der Waals surface area contributed by atoms with Crippen LogP contribution in [0.2, 0.25) is 0 Å². The molecule has 0 fully saturated rings. The average Bonchev–Trinajstić information content (AvgIpc) is 2.85.